The molecule has 6 aromatic carbocycles. The van der Waals surface area contributed by atoms with E-state index in [1.165, 1.54) is 14.0 Å². The van der Waals surface area contributed by atoms with E-state index < -0.39 is 54.1 Å². The zero-order valence-corrected chi connectivity index (χ0v) is 39.8. The molecule has 0 fully saturated rings. The van der Waals surface area contributed by atoms with E-state index in [0.717, 1.165) is 10.8 Å². The largest absolute Gasteiger partial charge is 0.459 e. The second kappa shape index (κ2) is 26.8. The number of hydrogen-bond donors (Lipinski definition) is 1. The predicted molar refractivity (Wildman–Crippen MR) is 257 cm³/mol. The van der Waals surface area contributed by atoms with Crippen LogP contribution in [0.1, 0.15) is 118 Å². The van der Waals surface area contributed by atoms with Gasteiger partial charge in [-0.1, -0.05) is 64.1 Å². The van der Waals surface area contributed by atoms with E-state index in [4.69, 9.17) is 33.2 Å². The van der Waals surface area contributed by atoms with E-state index in [9.17, 15) is 33.9 Å². The van der Waals surface area contributed by atoms with Crippen LogP contribution in [-0.2, 0) is 33.2 Å². The van der Waals surface area contributed by atoms with E-state index in [-0.39, 0.29) is 65.8 Å². The minimum Gasteiger partial charge on any atom is -0.459 e. The van der Waals surface area contributed by atoms with E-state index >= 15 is 0 Å². The minimum absolute atomic E-state index is 0. The Balaban J connectivity index is 0.00000239. The molecule has 68 heavy (non-hydrogen) atoms. The predicted octanol–water partition coefficient (Wildman–Crippen LogP) is 8.91. The van der Waals surface area contributed by atoms with Crippen LogP contribution in [-0.4, -0.2) is 104 Å². The lowest BCUT2D eigenvalue weighted by Crippen LogP contribution is -2.22. The second-order valence-electron chi connectivity index (χ2n) is 15.1. The van der Waals surface area contributed by atoms with Crippen molar-refractivity contribution in [2.75, 3.05) is 33.5 Å². The standard InChI is InChI=1S/C49H46O14.2C2H6.H2O/c1-28(50)24-58-44(51)40-12-6-32-7-13-42(23-43(32)22-40)49(56)63-31(4)27-61-47(54)39-16-10-36-21-41(17-11-35(36)20-39)48(55)62-30(3)26-60-46(53)38-15-9-33-18-37(14-8-34(33)19-38)45(52)59-25-29(2)57-5;2*1-2;/h6-23,28-31,50H,24-27H2,1-5H3;2*1-2H3;1H2. The van der Waals surface area contributed by atoms with Crippen molar-refractivity contribution in [2.24, 2.45) is 0 Å². The van der Waals surface area contributed by atoms with Gasteiger partial charge in [0.05, 0.1) is 45.6 Å². The van der Waals surface area contributed by atoms with Crippen LogP contribution < -0.4 is 0 Å². The summed E-state index contributed by atoms with van der Waals surface area (Å²) in [5.41, 5.74) is 1.64. The van der Waals surface area contributed by atoms with Crippen LogP contribution in [0.25, 0.3) is 32.3 Å². The summed E-state index contributed by atoms with van der Waals surface area (Å²) >= 11 is 0. The van der Waals surface area contributed by atoms with E-state index in [1.807, 2.05) is 27.7 Å². The van der Waals surface area contributed by atoms with Gasteiger partial charge in [-0.2, -0.15) is 0 Å². The molecule has 0 aromatic heterocycles. The molecule has 3 N–H and O–H groups in total. The zero-order valence-electron chi connectivity index (χ0n) is 39.8. The number of carbonyl (C=O) groups excluding carboxylic acids is 6. The fourth-order valence-corrected chi connectivity index (χ4v) is 6.25. The molecule has 0 aliphatic heterocycles. The summed E-state index contributed by atoms with van der Waals surface area (Å²) in [5.74, 6) is -3.62. The van der Waals surface area contributed by atoms with Gasteiger partial charge >= 0.3 is 35.8 Å². The molecule has 0 radical (unpaired) electrons. The fraction of sp³-hybridized carbons (Fsp3) is 0.321. The topological polar surface area (TPSA) is 219 Å². The van der Waals surface area contributed by atoms with Crippen LogP contribution in [0.5, 0.6) is 0 Å². The summed E-state index contributed by atoms with van der Waals surface area (Å²) in [6.07, 6.45) is -2.60. The molecule has 4 atom stereocenters. The van der Waals surface area contributed by atoms with Crippen molar-refractivity contribution < 1.29 is 72.5 Å². The van der Waals surface area contributed by atoms with Gasteiger partial charge in [-0.25, -0.2) is 28.8 Å². The highest BCUT2D eigenvalue weighted by molar-refractivity contribution is 6.01. The average Bonchev–Trinajstić information content (AvgIpc) is 3.35. The number of fused-ring (bicyclic) bond motifs is 3. The van der Waals surface area contributed by atoms with Gasteiger partial charge in [0.1, 0.15) is 38.6 Å². The quantitative estimate of drug-likeness (QED) is 0.0667. The van der Waals surface area contributed by atoms with Crippen LogP contribution in [0.2, 0.25) is 0 Å². The first-order valence-corrected chi connectivity index (χ1v) is 22.1. The van der Waals surface area contributed by atoms with Crippen molar-refractivity contribution in [3.8, 4) is 0 Å². The molecule has 0 aliphatic carbocycles. The lowest BCUT2D eigenvalue weighted by atomic mass is 10.0. The molecule has 0 saturated carbocycles. The SMILES string of the molecule is CC.CC.COC(C)COC(=O)c1ccc2cc(C(=O)OCC(C)OC(=O)c3ccc4cc(C(=O)OCC(C)OC(=O)c5ccc6ccc(C(=O)OCC(C)O)cc6c5)ccc4c3)ccc2c1.O. The molecule has 0 spiro atoms. The Hall–Kier alpha value is -7.20. The Morgan fingerprint density at radius 2 is 0.632 bits per heavy atom. The van der Waals surface area contributed by atoms with E-state index in [0.29, 0.717) is 27.1 Å². The van der Waals surface area contributed by atoms with Crippen LogP contribution in [0, 0.1) is 0 Å². The summed E-state index contributed by atoms with van der Waals surface area (Å²) in [7, 11) is 1.53. The molecule has 0 amide bonds. The molecule has 0 aliphatic rings. The average molecular weight is 937 g/mol. The maximum absolute atomic E-state index is 13.0. The number of methoxy groups -OCH3 is 1. The highest BCUT2D eigenvalue weighted by atomic mass is 16.6. The van der Waals surface area contributed by atoms with Crippen molar-refractivity contribution in [3.05, 3.63) is 143 Å². The van der Waals surface area contributed by atoms with E-state index in [1.54, 1.807) is 130 Å². The Morgan fingerprint density at radius 3 is 0.926 bits per heavy atom. The maximum atomic E-state index is 13.0. The summed E-state index contributed by atoms with van der Waals surface area (Å²) < 4.78 is 37.4. The Labute approximate surface area is 395 Å². The zero-order chi connectivity index (χ0) is 49.2. The molecular formula is C53H60O15. The van der Waals surface area contributed by atoms with Crippen LogP contribution in [0.3, 0.4) is 0 Å². The van der Waals surface area contributed by atoms with Gasteiger partial charge in [0.15, 0.2) is 0 Å². The molecule has 362 valence electrons. The Morgan fingerprint density at radius 1 is 0.382 bits per heavy atom. The highest BCUT2D eigenvalue weighted by Crippen LogP contribution is 2.23. The Kier molecular flexibility index (Phi) is 21.7. The number of hydrogen-bond acceptors (Lipinski definition) is 14. The van der Waals surface area contributed by atoms with Crippen molar-refractivity contribution in [2.45, 2.75) is 79.8 Å². The summed E-state index contributed by atoms with van der Waals surface area (Å²) in [4.78, 5) is 76.5. The van der Waals surface area contributed by atoms with Gasteiger partial charge in [0.25, 0.3) is 0 Å². The molecule has 15 nitrogen and oxygen atoms in total. The molecule has 0 heterocycles. The molecule has 0 saturated heterocycles. The minimum atomic E-state index is -0.802. The second-order valence-corrected chi connectivity index (χ2v) is 15.1. The number of benzene rings is 6. The van der Waals surface area contributed by atoms with Gasteiger partial charge < -0.3 is 43.7 Å². The smallest absolute Gasteiger partial charge is 0.338 e. The lowest BCUT2D eigenvalue weighted by molar-refractivity contribution is 0.00447. The summed E-state index contributed by atoms with van der Waals surface area (Å²) in [5, 5.41) is 13.5. The van der Waals surface area contributed by atoms with Crippen molar-refractivity contribution in [3.63, 3.8) is 0 Å². The number of aliphatic hydroxyl groups is 1. The van der Waals surface area contributed by atoms with Crippen molar-refractivity contribution >= 4 is 68.1 Å². The molecule has 6 rings (SSSR count). The number of esters is 6. The van der Waals surface area contributed by atoms with Gasteiger partial charge in [-0.05, 0) is 133 Å². The monoisotopic (exact) mass is 936 g/mol. The van der Waals surface area contributed by atoms with E-state index in [2.05, 4.69) is 0 Å². The van der Waals surface area contributed by atoms with Gasteiger partial charge in [-0.15, -0.1) is 0 Å². The van der Waals surface area contributed by atoms with Crippen LogP contribution in [0.15, 0.2) is 109 Å². The van der Waals surface area contributed by atoms with Gasteiger partial charge in [-0.3, -0.25) is 0 Å². The fourth-order valence-electron chi connectivity index (χ4n) is 6.25. The number of rotatable bonds is 17. The molecule has 0 bridgehead atoms. The number of ether oxygens (including phenoxy) is 7. The summed E-state index contributed by atoms with van der Waals surface area (Å²) in [6, 6.07) is 29.4. The molecular weight excluding hydrogens is 877 g/mol. The Bertz CT molecular complexity index is 2690. The van der Waals surface area contributed by atoms with Crippen molar-refractivity contribution in [1.82, 2.24) is 0 Å². The van der Waals surface area contributed by atoms with Crippen LogP contribution >= 0.6 is 0 Å². The van der Waals surface area contributed by atoms with Crippen molar-refractivity contribution in [1.29, 1.82) is 0 Å². The van der Waals surface area contributed by atoms with Gasteiger partial charge in [0.2, 0.25) is 0 Å². The number of aliphatic hydroxyl groups excluding tert-OH is 1. The highest BCUT2D eigenvalue weighted by Gasteiger charge is 2.20. The third kappa shape index (κ3) is 15.4. The van der Waals surface area contributed by atoms with Gasteiger partial charge in [0, 0.05) is 7.11 Å². The normalized spacial score (nSPS) is 12.3. The molecule has 15 heteroatoms. The lowest BCUT2D eigenvalue weighted by Gasteiger charge is -2.15. The molecule has 6 aromatic rings. The first-order chi connectivity index (χ1) is 32.2. The first-order valence-electron chi connectivity index (χ1n) is 22.1. The molecule has 4 unspecified atom stereocenters. The summed E-state index contributed by atoms with van der Waals surface area (Å²) in [6.45, 7) is 14.1. The maximum Gasteiger partial charge on any atom is 0.338 e. The third-order valence-corrected chi connectivity index (χ3v) is 9.76. The number of carbonyl (C=O) groups is 6. The van der Waals surface area contributed by atoms with Crippen LogP contribution in [0.4, 0.5) is 0 Å². The third-order valence-electron chi connectivity index (χ3n) is 9.76. The first kappa shape index (κ1) is 55.1.